The van der Waals surface area contributed by atoms with E-state index in [1.165, 1.54) is 51.3 Å². The maximum Gasteiger partial charge on any atom is 0.0540 e. The minimum absolute atomic E-state index is 1.10. The van der Waals surface area contributed by atoms with Gasteiger partial charge in [-0.15, -0.1) is 0 Å². The number of benzene rings is 4. The zero-order valence-electron chi connectivity index (χ0n) is 16.8. The molecule has 1 nitrogen and oxygen atoms in total. The molecule has 0 spiro atoms. The molecule has 0 saturated heterocycles. The summed E-state index contributed by atoms with van der Waals surface area (Å²) in [7, 11) is 0. The molecule has 0 bridgehead atoms. The highest BCUT2D eigenvalue weighted by Crippen LogP contribution is 2.44. The molecule has 0 radical (unpaired) electrons. The van der Waals surface area contributed by atoms with Crippen LogP contribution in [0.5, 0.6) is 0 Å². The molecule has 0 saturated carbocycles. The largest absolute Gasteiger partial charge is 0.309 e. The first-order valence-electron chi connectivity index (χ1n) is 10.4. The number of para-hydroxylation sites is 2. The summed E-state index contributed by atoms with van der Waals surface area (Å²) < 4.78 is 0. The van der Waals surface area contributed by atoms with Gasteiger partial charge in [-0.1, -0.05) is 78.4 Å². The predicted octanol–water partition coefficient (Wildman–Crippen LogP) is 7.62. The summed E-state index contributed by atoms with van der Waals surface area (Å²) in [4.78, 5) is 2.48. The Morgan fingerprint density at radius 3 is 1.83 bits per heavy atom. The van der Waals surface area contributed by atoms with E-state index in [4.69, 9.17) is 0 Å². The molecule has 4 aromatic rings. The Morgan fingerprint density at radius 2 is 1.17 bits per heavy atom. The SMILES string of the molecule is Cc1ccc(N2c3ccccc3CCCc3ccccc32)c(-c2ccccc2)c1. The molecule has 0 aliphatic carbocycles. The van der Waals surface area contributed by atoms with Crippen LogP contribution in [0.4, 0.5) is 17.1 Å². The van der Waals surface area contributed by atoms with Gasteiger partial charge in [0.2, 0.25) is 0 Å². The fraction of sp³-hybridized carbons (Fsp3) is 0.143. The molecule has 0 atom stereocenters. The van der Waals surface area contributed by atoms with Gasteiger partial charge >= 0.3 is 0 Å². The summed E-state index contributed by atoms with van der Waals surface area (Å²) in [6, 6.07) is 35.3. The Balaban J connectivity index is 1.81. The van der Waals surface area contributed by atoms with Crippen molar-refractivity contribution in [3.05, 3.63) is 114 Å². The number of aryl methyl sites for hydroxylation is 3. The minimum Gasteiger partial charge on any atom is -0.309 e. The third kappa shape index (κ3) is 3.34. The standard InChI is InChI=1S/C28H25N/c1-21-18-19-28(25(20-21)22-10-3-2-4-11-22)29-26-16-7-5-12-23(26)14-9-15-24-13-6-8-17-27(24)29/h2-8,10-13,16-20H,9,14-15H2,1H3. The Labute approximate surface area is 173 Å². The quantitative estimate of drug-likeness (QED) is 0.348. The van der Waals surface area contributed by atoms with Crippen molar-refractivity contribution in [1.82, 2.24) is 0 Å². The lowest BCUT2D eigenvalue weighted by Gasteiger charge is -2.33. The second-order valence-electron chi connectivity index (χ2n) is 7.83. The third-order valence-electron chi connectivity index (χ3n) is 5.84. The average Bonchev–Trinajstić information content (AvgIpc) is 2.76. The number of hydrogen-bond acceptors (Lipinski definition) is 1. The summed E-state index contributed by atoms with van der Waals surface area (Å²) in [5.74, 6) is 0. The van der Waals surface area contributed by atoms with Crippen molar-refractivity contribution >= 4 is 17.1 Å². The highest BCUT2D eigenvalue weighted by atomic mass is 15.1. The van der Waals surface area contributed by atoms with E-state index >= 15 is 0 Å². The van der Waals surface area contributed by atoms with E-state index in [2.05, 4.69) is 109 Å². The molecular weight excluding hydrogens is 350 g/mol. The molecule has 0 aromatic heterocycles. The van der Waals surface area contributed by atoms with Crippen molar-refractivity contribution in [3.8, 4) is 11.1 Å². The van der Waals surface area contributed by atoms with Crippen molar-refractivity contribution < 1.29 is 0 Å². The molecule has 0 N–H and O–H groups in total. The lowest BCUT2D eigenvalue weighted by Crippen LogP contribution is -2.17. The van der Waals surface area contributed by atoms with E-state index in [0.29, 0.717) is 0 Å². The van der Waals surface area contributed by atoms with Gasteiger partial charge < -0.3 is 4.90 Å². The first-order chi connectivity index (χ1) is 14.3. The number of anilines is 3. The lowest BCUT2D eigenvalue weighted by atomic mass is 9.94. The zero-order chi connectivity index (χ0) is 19.6. The average molecular weight is 376 g/mol. The highest BCUT2D eigenvalue weighted by molar-refractivity contribution is 5.90. The topological polar surface area (TPSA) is 3.24 Å². The number of fused-ring (bicyclic) bond motifs is 2. The third-order valence-corrected chi connectivity index (χ3v) is 5.84. The van der Waals surface area contributed by atoms with Crippen LogP contribution in [0.1, 0.15) is 23.1 Å². The van der Waals surface area contributed by atoms with E-state index < -0.39 is 0 Å². The maximum absolute atomic E-state index is 2.48. The van der Waals surface area contributed by atoms with E-state index in [1.807, 2.05) is 0 Å². The van der Waals surface area contributed by atoms with Gasteiger partial charge in [0, 0.05) is 16.9 Å². The fourth-order valence-electron chi connectivity index (χ4n) is 4.43. The Hall–Kier alpha value is -3.32. The van der Waals surface area contributed by atoms with E-state index in [9.17, 15) is 0 Å². The van der Waals surface area contributed by atoms with Crippen LogP contribution in [0.3, 0.4) is 0 Å². The summed E-state index contributed by atoms with van der Waals surface area (Å²) in [6.45, 7) is 2.17. The molecule has 0 fully saturated rings. The van der Waals surface area contributed by atoms with Gasteiger partial charge in [-0.05, 0) is 67.1 Å². The Morgan fingerprint density at radius 1 is 0.586 bits per heavy atom. The van der Waals surface area contributed by atoms with Gasteiger partial charge in [0.25, 0.3) is 0 Å². The molecule has 5 rings (SSSR count). The van der Waals surface area contributed by atoms with Crippen LogP contribution < -0.4 is 4.90 Å². The normalized spacial score (nSPS) is 13.2. The van der Waals surface area contributed by atoms with E-state index in [0.717, 1.165) is 12.8 Å². The van der Waals surface area contributed by atoms with Crippen LogP contribution in [-0.4, -0.2) is 0 Å². The van der Waals surface area contributed by atoms with Crippen LogP contribution in [0, 0.1) is 6.92 Å². The fourth-order valence-corrected chi connectivity index (χ4v) is 4.43. The highest BCUT2D eigenvalue weighted by Gasteiger charge is 2.23. The first-order valence-corrected chi connectivity index (χ1v) is 10.4. The summed E-state index contributed by atoms with van der Waals surface area (Å²) >= 11 is 0. The van der Waals surface area contributed by atoms with Gasteiger partial charge in [-0.25, -0.2) is 0 Å². The molecule has 0 amide bonds. The Kier molecular flexibility index (Phi) is 4.65. The van der Waals surface area contributed by atoms with Crippen molar-refractivity contribution in [2.75, 3.05) is 4.90 Å². The van der Waals surface area contributed by atoms with E-state index in [-0.39, 0.29) is 0 Å². The van der Waals surface area contributed by atoms with E-state index in [1.54, 1.807) is 0 Å². The number of hydrogen-bond donors (Lipinski definition) is 0. The maximum atomic E-state index is 2.48. The van der Waals surface area contributed by atoms with Crippen molar-refractivity contribution in [2.45, 2.75) is 26.2 Å². The summed E-state index contributed by atoms with van der Waals surface area (Å²) in [5, 5.41) is 0. The molecule has 142 valence electrons. The van der Waals surface area contributed by atoms with Crippen LogP contribution in [0.25, 0.3) is 11.1 Å². The minimum atomic E-state index is 1.10. The molecule has 0 unspecified atom stereocenters. The molecule has 29 heavy (non-hydrogen) atoms. The second-order valence-corrected chi connectivity index (χ2v) is 7.83. The molecule has 1 heteroatoms. The van der Waals surface area contributed by atoms with Crippen molar-refractivity contribution in [2.24, 2.45) is 0 Å². The van der Waals surface area contributed by atoms with Crippen molar-refractivity contribution in [1.29, 1.82) is 0 Å². The Bertz CT molecular complexity index is 1100. The molecule has 1 heterocycles. The monoisotopic (exact) mass is 375 g/mol. The zero-order valence-corrected chi connectivity index (χ0v) is 16.8. The number of nitrogens with zero attached hydrogens (tertiary/aromatic N) is 1. The summed E-state index contributed by atoms with van der Waals surface area (Å²) in [6.07, 6.45) is 3.39. The summed E-state index contributed by atoms with van der Waals surface area (Å²) in [5.41, 5.74) is 10.5. The lowest BCUT2D eigenvalue weighted by molar-refractivity contribution is 0.810. The second kappa shape index (κ2) is 7.60. The van der Waals surface area contributed by atoms with Gasteiger partial charge in [0.15, 0.2) is 0 Å². The van der Waals surface area contributed by atoms with Crippen LogP contribution in [0.2, 0.25) is 0 Å². The molecule has 4 aromatic carbocycles. The molecule has 1 aliphatic rings. The van der Waals surface area contributed by atoms with Crippen LogP contribution in [-0.2, 0) is 12.8 Å². The number of rotatable bonds is 2. The van der Waals surface area contributed by atoms with Gasteiger partial charge in [-0.3, -0.25) is 0 Å². The van der Waals surface area contributed by atoms with Crippen molar-refractivity contribution in [3.63, 3.8) is 0 Å². The van der Waals surface area contributed by atoms with Gasteiger partial charge in [0.1, 0.15) is 0 Å². The first kappa shape index (κ1) is 17.8. The predicted molar refractivity (Wildman–Crippen MR) is 123 cm³/mol. The van der Waals surface area contributed by atoms with Gasteiger partial charge in [0.05, 0.1) is 5.69 Å². The molecular formula is C28H25N. The van der Waals surface area contributed by atoms with Gasteiger partial charge in [-0.2, -0.15) is 0 Å². The smallest absolute Gasteiger partial charge is 0.0540 e. The van der Waals surface area contributed by atoms with Crippen LogP contribution in [0.15, 0.2) is 97.1 Å². The van der Waals surface area contributed by atoms with Crippen LogP contribution >= 0.6 is 0 Å². The molecule has 1 aliphatic heterocycles.